The highest BCUT2D eigenvalue weighted by Gasteiger charge is 2.18. The molecule has 0 aliphatic carbocycles. The number of carbonyl (C=O) groups excluding carboxylic acids is 2. The maximum absolute atomic E-state index is 11.8. The van der Waals surface area contributed by atoms with Gasteiger partial charge in [-0.3, -0.25) is 9.59 Å². The lowest BCUT2D eigenvalue weighted by molar-refractivity contribution is -0.134. The van der Waals surface area contributed by atoms with Gasteiger partial charge in [-0.05, 0) is 11.6 Å². The Labute approximate surface area is 99.9 Å². The lowest BCUT2D eigenvalue weighted by atomic mass is 10.2. The quantitative estimate of drug-likeness (QED) is 0.759. The first-order chi connectivity index (χ1) is 8.25. The molecule has 1 N–H and O–H groups in total. The van der Waals surface area contributed by atoms with E-state index in [-0.39, 0.29) is 18.4 Å². The molecule has 1 heterocycles. The second-order valence-electron chi connectivity index (χ2n) is 3.85. The summed E-state index contributed by atoms with van der Waals surface area (Å²) >= 11 is 0. The fourth-order valence-corrected chi connectivity index (χ4v) is 1.66. The van der Waals surface area contributed by atoms with Crippen molar-refractivity contribution in [2.75, 3.05) is 19.6 Å². The molecule has 0 bridgehead atoms. The summed E-state index contributed by atoms with van der Waals surface area (Å²) in [5.74, 6) is -0.221. The van der Waals surface area contributed by atoms with E-state index in [0.29, 0.717) is 13.1 Å². The first kappa shape index (κ1) is 11.4. The molecule has 4 heteroatoms. The third kappa shape index (κ3) is 3.17. The Morgan fingerprint density at radius 2 is 2.06 bits per heavy atom. The third-order valence-electron chi connectivity index (χ3n) is 2.57. The molecule has 0 aromatic heterocycles. The van der Waals surface area contributed by atoms with Gasteiger partial charge in [-0.2, -0.15) is 0 Å². The van der Waals surface area contributed by atoms with Gasteiger partial charge in [-0.1, -0.05) is 30.3 Å². The van der Waals surface area contributed by atoms with E-state index >= 15 is 0 Å². The molecule has 0 saturated carbocycles. The van der Waals surface area contributed by atoms with Crippen LogP contribution >= 0.6 is 0 Å². The molecule has 2 rings (SSSR count). The molecule has 1 aromatic carbocycles. The van der Waals surface area contributed by atoms with Crippen LogP contribution in [0, 0.1) is 0 Å². The Morgan fingerprint density at radius 3 is 2.76 bits per heavy atom. The topological polar surface area (TPSA) is 49.4 Å². The Bertz CT molecular complexity index is 440. The second kappa shape index (κ2) is 5.30. The molecule has 4 nitrogen and oxygen atoms in total. The Kier molecular flexibility index (Phi) is 3.55. The molecular formula is C13H14N2O2. The first-order valence-corrected chi connectivity index (χ1v) is 5.54. The van der Waals surface area contributed by atoms with E-state index in [0.717, 1.165) is 5.56 Å². The molecule has 1 fully saturated rings. The van der Waals surface area contributed by atoms with Crippen LogP contribution in [0.4, 0.5) is 0 Å². The predicted molar refractivity (Wildman–Crippen MR) is 65.1 cm³/mol. The number of hydrogen-bond acceptors (Lipinski definition) is 2. The van der Waals surface area contributed by atoms with Crippen molar-refractivity contribution in [2.24, 2.45) is 0 Å². The van der Waals surface area contributed by atoms with Gasteiger partial charge in [0.2, 0.25) is 11.8 Å². The van der Waals surface area contributed by atoms with Gasteiger partial charge in [0.15, 0.2) is 0 Å². The average Bonchev–Trinajstić information content (AvgIpc) is 2.37. The van der Waals surface area contributed by atoms with E-state index in [9.17, 15) is 9.59 Å². The van der Waals surface area contributed by atoms with Crippen molar-refractivity contribution in [1.29, 1.82) is 0 Å². The number of nitrogens with zero attached hydrogens (tertiary/aromatic N) is 1. The van der Waals surface area contributed by atoms with Crippen molar-refractivity contribution < 1.29 is 9.59 Å². The predicted octanol–water partition coefficient (Wildman–Crippen LogP) is 0.658. The Balaban J connectivity index is 1.97. The van der Waals surface area contributed by atoms with Crippen molar-refractivity contribution >= 4 is 17.9 Å². The van der Waals surface area contributed by atoms with Crippen LogP contribution in [0.1, 0.15) is 5.56 Å². The summed E-state index contributed by atoms with van der Waals surface area (Å²) in [7, 11) is 0. The van der Waals surface area contributed by atoms with Gasteiger partial charge >= 0.3 is 0 Å². The molecular weight excluding hydrogens is 216 g/mol. The van der Waals surface area contributed by atoms with Crippen LogP contribution < -0.4 is 5.32 Å². The molecule has 88 valence electrons. The van der Waals surface area contributed by atoms with Gasteiger partial charge in [-0.25, -0.2) is 0 Å². The smallest absolute Gasteiger partial charge is 0.247 e. The SMILES string of the molecule is O=C1CN(C(=O)/C=C\c2ccccc2)CCN1. The van der Waals surface area contributed by atoms with E-state index in [4.69, 9.17) is 0 Å². The largest absolute Gasteiger partial charge is 0.353 e. The molecule has 1 saturated heterocycles. The maximum atomic E-state index is 11.8. The van der Waals surface area contributed by atoms with Gasteiger partial charge < -0.3 is 10.2 Å². The van der Waals surface area contributed by atoms with Crippen LogP contribution in [0.3, 0.4) is 0 Å². The van der Waals surface area contributed by atoms with Crippen LogP contribution in [0.5, 0.6) is 0 Å². The molecule has 1 aliphatic heterocycles. The normalized spacial score (nSPS) is 16.0. The lowest BCUT2D eigenvalue weighted by Crippen LogP contribution is -2.49. The summed E-state index contributed by atoms with van der Waals surface area (Å²) in [4.78, 5) is 24.4. The van der Waals surface area contributed by atoms with Gasteiger partial charge in [-0.15, -0.1) is 0 Å². The number of piperazine rings is 1. The Hall–Kier alpha value is -2.10. The zero-order valence-electron chi connectivity index (χ0n) is 9.43. The molecule has 0 radical (unpaired) electrons. The van der Waals surface area contributed by atoms with Crippen LogP contribution in [-0.4, -0.2) is 36.3 Å². The minimum atomic E-state index is -0.122. The standard InChI is InChI=1S/C13H14N2O2/c16-12-10-15(9-8-14-12)13(17)7-6-11-4-2-1-3-5-11/h1-7H,8-10H2,(H,14,16)/b7-6-. The van der Waals surface area contributed by atoms with E-state index in [1.54, 1.807) is 6.08 Å². The summed E-state index contributed by atoms with van der Waals surface area (Å²) in [5, 5.41) is 2.68. The van der Waals surface area contributed by atoms with E-state index < -0.39 is 0 Å². The highest BCUT2D eigenvalue weighted by Crippen LogP contribution is 2.02. The number of carbonyl (C=O) groups is 2. The van der Waals surface area contributed by atoms with Gasteiger partial charge in [0, 0.05) is 19.2 Å². The second-order valence-corrected chi connectivity index (χ2v) is 3.85. The molecule has 1 aliphatic rings. The van der Waals surface area contributed by atoms with Crippen molar-refractivity contribution in [3.63, 3.8) is 0 Å². The summed E-state index contributed by atoms with van der Waals surface area (Å²) < 4.78 is 0. The minimum absolute atomic E-state index is 0.0993. The summed E-state index contributed by atoms with van der Waals surface area (Å²) in [6.07, 6.45) is 3.27. The first-order valence-electron chi connectivity index (χ1n) is 5.54. The Morgan fingerprint density at radius 1 is 1.29 bits per heavy atom. The zero-order valence-corrected chi connectivity index (χ0v) is 9.43. The number of benzene rings is 1. The molecule has 17 heavy (non-hydrogen) atoms. The third-order valence-corrected chi connectivity index (χ3v) is 2.57. The van der Waals surface area contributed by atoms with Gasteiger partial charge in [0.1, 0.15) is 0 Å². The van der Waals surface area contributed by atoms with E-state index in [1.165, 1.54) is 11.0 Å². The molecule has 0 spiro atoms. The number of nitrogens with one attached hydrogen (secondary N) is 1. The highest BCUT2D eigenvalue weighted by atomic mass is 16.2. The minimum Gasteiger partial charge on any atom is -0.353 e. The number of amides is 2. The molecule has 0 atom stereocenters. The fourth-order valence-electron chi connectivity index (χ4n) is 1.66. The van der Waals surface area contributed by atoms with Crippen molar-refractivity contribution in [3.05, 3.63) is 42.0 Å². The number of rotatable bonds is 2. The van der Waals surface area contributed by atoms with Crippen molar-refractivity contribution in [3.8, 4) is 0 Å². The van der Waals surface area contributed by atoms with Crippen molar-refractivity contribution in [2.45, 2.75) is 0 Å². The molecule has 0 unspecified atom stereocenters. The zero-order chi connectivity index (χ0) is 12.1. The highest BCUT2D eigenvalue weighted by molar-refractivity contribution is 5.94. The number of hydrogen-bond donors (Lipinski definition) is 1. The van der Waals surface area contributed by atoms with Crippen molar-refractivity contribution in [1.82, 2.24) is 10.2 Å². The van der Waals surface area contributed by atoms with Gasteiger partial charge in [0.05, 0.1) is 6.54 Å². The van der Waals surface area contributed by atoms with Crippen LogP contribution in [0.2, 0.25) is 0 Å². The lowest BCUT2D eigenvalue weighted by Gasteiger charge is -2.25. The summed E-state index contributed by atoms with van der Waals surface area (Å²) in [5.41, 5.74) is 0.974. The monoisotopic (exact) mass is 230 g/mol. The molecule has 2 amide bonds. The van der Waals surface area contributed by atoms with Gasteiger partial charge in [0.25, 0.3) is 0 Å². The van der Waals surface area contributed by atoms with Crippen LogP contribution in [0.15, 0.2) is 36.4 Å². The van der Waals surface area contributed by atoms with Crippen LogP contribution in [0.25, 0.3) is 6.08 Å². The van der Waals surface area contributed by atoms with E-state index in [2.05, 4.69) is 5.32 Å². The van der Waals surface area contributed by atoms with Crippen LogP contribution in [-0.2, 0) is 9.59 Å². The maximum Gasteiger partial charge on any atom is 0.247 e. The fraction of sp³-hybridized carbons (Fsp3) is 0.231. The summed E-state index contributed by atoms with van der Waals surface area (Å²) in [6, 6.07) is 9.60. The van der Waals surface area contributed by atoms with E-state index in [1.807, 2.05) is 30.3 Å². The summed E-state index contributed by atoms with van der Waals surface area (Å²) in [6.45, 7) is 1.26. The molecule has 1 aromatic rings. The average molecular weight is 230 g/mol.